The van der Waals surface area contributed by atoms with Gasteiger partial charge in [-0.05, 0) is 103 Å². The number of carbonyl (C=O) groups is 3. The minimum atomic E-state index is -0.786. The van der Waals surface area contributed by atoms with E-state index in [-0.39, 0.29) is 31.1 Å². The van der Waals surface area contributed by atoms with Crippen LogP contribution >= 0.6 is 0 Å². The highest BCUT2D eigenvalue weighted by Crippen LogP contribution is 2.15. The SMILES string of the molecule is CC/C=C\C/C=C\C/C=C\CCCCCCCCCCCC(=O)OCC(COC(=O)CCCCC/C=C\CCCCCCCC)OC(=O)CCCCCCC/C=C\CCCCCCCCCCC. The maximum Gasteiger partial charge on any atom is 0.306 e. The molecule has 0 rings (SSSR count). The van der Waals surface area contributed by atoms with Crippen LogP contribution in [0.15, 0.2) is 60.8 Å². The van der Waals surface area contributed by atoms with E-state index < -0.39 is 6.10 Å². The van der Waals surface area contributed by atoms with Crippen LogP contribution in [0.4, 0.5) is 0 Å². The van der Waals surface area contributed by atoms with E-state index in [1.807, 2.05) is 0 Å². The Labute approximate surface area is 421 Å². The monoisotopic (exact) mass is 951 g/mol. The first-order valence-corrected chi connectivity index (χ1v) is 29.3. The molecule has 0 N–H and O–H groups in total. The van der Waals surface area contributed by atoms with Gasteiger partial charge in [0.2, 0.25) is 0 Å². The fourth-order valence-corrected chi connectivity index (χ4v) is 8.33. The fourth-order valence-electron chi connectivity index (χ4n) is 8.33. The van der Waals surface area contributed by atoms with Crippen molar-refractivity contribution in [1.29, 1.82) is 0 Å². The highest BCUT2D eigenvalue weighted by atomic mass is 16.6. The van der Waals surface area contributed by atoms with Crippen molar-refractivity contribution in [3.8, 4) is 0 Å². The van der Waals surface area contributed by atoms with E-state index in [9.17, 15) is 14.4 Å². The minimum absolute atomic E-state index is 0.0840. The molecule has 0 aromatic rings. The molecule has 0 saturated carbocycles. The summed E-state index contributed by atoms with van der Waals surface area (Å²) in [5.41, 5.74) is 0. The number of hydrogen-bond acceptors (Lipinski definition) is 6. The Morgan fingerprint density at radius 1 is 0.309 bits per heavy atom. The van der Waals surface area contributed by atoms with Crippen molar-refractivity contribution < 1.29 is 28.6 Å². The molecule has 0 saturated heterocycles. The number of carbonyl (C=O) groups excluding carboxylic acids is 3. The van der Waals surface area contributed by atoms with E-state index >= 15 is 0 Å². The second kappa shape index (κ2) is 56.7. The van der Waals surface area contributed by atoms with Gasteiger partial charge in [0.25, 0.3) is 0 Å². The van der Waals surface area contributed by atoms with Crippen molar-refractivity contribution in [2.45, 2.75) is 303 Å². The first-order chi connectivity index (χ1) is 33.5. The predicted octanol–water partition coefficient (Wildman–Crippen LogP) is 19.6. The van der Waals surface area contributed by atoms with Crippen molar-refractivity contribution >= 4 is 17.9 Å². The van der Waals surface area contributed by atoms with E-state index in [4.69, 9.17) is 14.2 Å². The Kier molecular flexibility index (Phi) is 54.3. The van der Waals surface area contributed by atoms with E-state index in [0.717, 1.165) is 103 Å². The van der Waals surface area contributed by atoms with E-state index in [1.54, 1.807) is 0 Å². The van der Waals surface area contributed by atoms with Gasteiger partial charge in [0.15, 0.2) is 6.10 Å². The Morgan fingerprint density at radius 3 is 0.926 bits per heavy atom. The molecule has 6 nitrogen and oxygen atoms in total. The summed E-state index contributed by atoms with van der Waals surface area (Å²) in [6.45, 7) is 6.53. The summed E-state index contributed by atoms with van der Waals surface area (Å²) in [5, 5.41) is 0. The molecule has 0 aliphatic rings. The summed E-state index contributed by atoms with van der Waals surface area (Å²) in [5.74, 6) is -0.903. The average molecular weight is 952 g/mol. The second-order valence-corrected chi connectivity index (χ2v) is 19.5. The zero-order chi connectivity index (χ0) is 49.3. The van der Waals surface area contributed by atoms with Gasteiger partial charge in [0.05, 0.1) is 0 Å². The third-order valence-corrected chi connectivity index (χ3v) is 12.7. The van der Waals surface area contributed by atoms with Crippen LogP contribution in [0, 0.1) is 0 Å². The van der Waals surface area contributed by atoms with Crippen molar-refractivity contribution in [3.05, 3.63) is 60.8 Å². The predicted molar refractivity (Wildman–Crippen MR) is 293 cm³/mol. The lowest BCUT2D eigenvalue weighted by Crippen LogP contribution is -2.30. The number of rotatable bonds is 53. The van der Waals surface area contributed by atoms with Crippen LogP contribution in [0.25, 0.3) is 0 Å². The maximum absolute atomic E-state index is 12.9. The number of hydrogen-bond donors (Lipinski definition) is 0. The standard InChI is InChI=1S/C62H110O6/c1-4-7-10-13-16-19-22-25-27-29-31-33-34-37-40-43-46-49-52-55-61(64)67-58-59(57-66-60(63)54-51-48-45-42-39-36-24-21-18-15-12-9-6-3)68-62(65)56-53-50-47-44-41-38-35-32-30-28-26-23-20-17-14-11-8-5-2/h7,10,16,19,25,27,32,35-36,39,59H,4-6,8-9,11-15,17-18,20-24,26,28-31,33-34,37-38,40-58H2,1-3H3/b10-7-,19-16-,27-25-,35-32-,39-36-. The van der Waals surface area contributed by atoms with Crippen LogP contribution in [-0.4, -0.2) is 37.2 Å². The molecule has 1 atom stereocenters. The minimum Gasteiger partial charge on any atom is -0.462 e. The Bertz CT molecular complexity index is 1230. The zero-order valence-corrected chi connectivity index (χ0v) is 45.1. The Morgan fingerprint density at radius 2 is 0.574 bits per heavy atom. The molecule has 0 bridgehead atoms. The molecule has 0 aliphatic heterocycles. The van der Waals surface area contributed by atoms with Gasteiger partial charge in [-0.2, -0.15) is 0 Å². The van der Waals surface area contributed by atoms with E-state index in [1.165, 1.54) is 154 Å². The molecule has 0 fully saturated rings. The number of ether oxygens (including phenoxy) is 3. The Balaban J connectivity index is 4.37. The van der Waals surface area contributed by atoms with Gasteiger partial charge in [0, 0.05) is 19.3 Å². The average Bonchev–Trinajstić information content (AvgIpc) is 3.34. The van der Waals surface area contributed by atoms with Crippen LogP contribution < -0.4 is 0 Å². The zero-order valence-electron chi connectivity index (χ0n) is 45.1. The van der Waals surface area contributed by atoms with Gasteiger partial charge >= 0.3 is 17.9 Å². The van der Waals surface area contributed by atoms with Gasteiger partial charge < -0.3 is 14.2 Å². The second-order valence-electron chi connectivity index (χ2n) is 19.5. The van der Waals surface area contributed by atoms with Crippen LogP contribution in [0.5, 0.6) is 0 Å². The summed E-state index contributed by atoms with van der Waals surface area (Å²) in [6, 6.07) is 0. The number of unbranched alkanes of at least 4 members (excludes halogenated alkanes) is 32. The number of allylic oxidation sites excluding steroid dienone is 10. The molecule has 0 spiro atoms. The third kappa shape index (κ3) is 54.1. The lowest BCUT2D eigenvalue weighted by Gasteiger charge is -2.18. The maximum atomic E-state index is 12.9. The van der Waals surface area contributed by atoms with Crippen LogP contribution in [0.2, 0.25) is 0 Å². The topological polar surface area (TPSA) is 78.9 Å². The molecule has 394 valence electrons. The number of esters is 3. The molecule has 6 heteroatoms. The molecule has 68 heavy (non-hydrogen) atoms. The van der Waals surface area contributed by atoms with Crippen molar-refractivity contribution in [2.75, 3.05) is 13.2 Å². The van der Waals surface area contributed by atoms with Gasteiger partial charge in [-0.15, -0.1) is 0 Å². The van der Waals surface area contributed by atoms with Gasteiger partial charge in [0.1, 0.15) is 13.2 Å². The first kappa shape index (κ1) is 65.1. The normalized spacial score (nSPS) is 12.5. The summed E-state index contributed by atoms with van der Waals surface area (Å²) in [7, 11) is 0. The molecule has 0 aliphatic carbocycles. The molecular formula is C62H110O6. The lowest BCUT2D eigenvalue weighted by atomic mass is 10.1. The molecular weight excluding hydrogens is 841 g/mol. The fraction of sp³-hybridized carbons (Fsp3) is 0.790. The molecule has 1 unspecified atom stereocenters. The van der Waals surface area contributed by atoms with Gasteiger partial charge in [-0.3, -0.25) is 14.4 Å². The summed E-state index contributed by atoms with van der Waals surface area (Å²) < 4.78 is 16.9. The summed E-state index contributed by atoms with van der Waals surface area (Å²) in [6.07, 6.45) is 70.7. The third-order valence-electron chi connectivity index (χ3n) is 12.7. The smallest absolute Gasteiger partial charge is 0.306 e. The highest BCUT2D eigenvalue weighted by Gasteiger charge is 2.19. The van der Waals surface area contributed by atoms with Gasteiger partial charge in [-0.1, -0.05) is 236 Å². The van der Waals surface area contributed by atoms with Crippen molar-refractivity contribution in [1.82, 2.24) is 0 Å². The first-order valence-electron chi connectivity index (χ1n) is 29.3. The van der Waals surface area contributed by atoms with Crippen LogP contribution in [0.3, 0.4) is 0 Å². The van der Waals surface area contributed by atoms with E-state index in [0.29, 0.717) is 19.3 Å². The van der Waals surface area contributed by atoms with Crippen molar-refractivity contribution in [3.63, 3.8) is 0 Å². The summed E-state index contributed by atoms with van der Waals surface area (Å²) >= 11 is 0. The lowest BCUT2D eigenvalue weighted by molar-refractivity contribution is -0.167. The van der Waals surface area contributed by atoms with Gasteiger partial charge in [-0.25, -0.2) is 0 Å². The van der Waals surface area contributed by atoms with Crippen LogP contribution in [-0.2, 0) is 28.6 Å². The quantitative estimate of drug-likeness (QED) is 0.0262. The summed E-state index contributed by atoms with van der Waals surface area (Å²) in [4.78, 5) is 38.2. The largest absolute Gasteiger partial charge is 0.462 e. The van der Waals surface area contributed by atoms with Crippen molar-refractivity contribution in [2.24, 2.45) is 0 Å². The Hall–Kier alpha value is -2.89. The molecule has 0 aromatic heterocycles. The highest BCUT2D eigenvalue weighted by molar-refractivity contribution is 5.71. The molecule has 0 aromatic carbocycles. The molecule has 0 amide bonds. The van der Waals surface area contributed by atoms with E-state index in [2.05, 4.69) is 81.5 Å². The van der Waals surface area contributed by atoms with Crippen LogP contribution in [0.1, 0.15) is 297 Å². The molecule has 0 heterocycles. The molecule has 0 radical (unpaired) electrons.